The van der Waals surface area contributed by atoms with Gasteiger partial charge in [0.1, 0.15) is 11.7 Å². The summed E-state index contributed by atoms with van der Waals surface area (Å²) in [6.45, 7) is 4.17. The standard InChI is InChI=1S/C20H25N5O2/c1-15-12-23-17(13-22-15)20(27)25-11-10-24(18(14-25)19(26)21-2)9-8-16-6-4-3-5-7-16/h3-7,12-13,18H,8-11,14H2,1-2H3,(H,21,26)/t18-/m1/s1. The predicted octanol–water partition coefficient (Wildman–Crippen LogP) is 0.900. The normalized spacial score (nSPS) is 17.6. The number of aromatic nitrogens is 2. The van der Waals surface area contributed by atoms with E-state index in [0.717, 1.165) is 18.7 Å². The van der Waals surface area contributed by atoms with Crippen molar-refractivity contribution < 1.29 is 9.59 Å². The van der Waals surface area contributed by atoms with Crippen LogP contribution in [0.5, 0.6) is 0 Å². The molecule has 1 aromatic carbocycles. The molecule has 0 radical (unpaired) electrons. The number of benzene rings is 1. The molecule has 7 heteroatoms. The summed E-state index contributed by atoms with van der Waals surface area (Å²) < 4.78 is 0. The molecule has 1 atom stereocenters. The first-order valence-electron chi connectivity index (χ1n) is 9.16. The summed E-state index contributed by atoms with van der Waals surface area (Å²) in [7, 11) is 1.63. The van der Waals surface area contributed by atoms with Crippen molar-refractivity contribution in [2.75, 3.05) is 33.2 Å². The van der Waals surface area contributed by atoms with Crippen molar-refractivity contribution in [1.82, 2.24) is 25.1 Å². The van der Waals surface area contributed by atoms with E-state index in [1.54, 1.807) is 18.1 Å². The first kappa shape index (κ1) is 19.0. The molecule has 0 unspecified atom stereocenters. The van der Waals surface area contributed by atoms with Crippen LogP contribution < -0.4 is 5.32 Å². The van der Waals surface area contributed by atoms with Crippen LogP contribution in [0.3, 0.4) is 0 Å². The molecule has 1 N–H and O–H groups in total. The third-order valence-electron chi connectivity index (χ3n) is 4.86. The smallest absolute Gasteiger partial charge is 0.274 e. The molecule has 7 nitrogen and oxygen atoms in total. The Bertz CT molecular complexity index is 779. The molecule has 2 aromatic rings. The van der Waals surface area contributed by atoms with Crippen LogP contribution in [0.25, 0.3) is 0 Å². The van der Waals surface area contributed by atoms with Crippen LogP contribution in [-0.4, -0.2) is 70.9 Å². The lowest BCUT2D eigenvalue weighted by molar-refractivity contribution is -0.127. The van der Waals surface area contributed by atoms with E-state index < -0.39 is 0 Å². The van der Waals surface area contributed by atoms with Gasteiger partial charge in [0, 0.05) is 39.4 Å². The number of carbonyl (C=O) groups is 2. The van der Waals surface area contributed by atoms with Crippen LogP contribution in [0.4, 0.5) is 0 Å². The van der Waals surface area contributed by atoms with Gasteiger partial charge in [0.05, 0.1) is 11.9 Å². The van der Waals surface area contributed by atoms with Crippen LogP contribution >= 0.6 is 0 Å². The Balaban J connectivity index is 1.67. The Morgan fingerprint density at radius 2 is 1.93 bits per heavy atom. The Morgan fingerprint density at radius 1 is 1.15 bits per heavy atom. The summed E-state index contributed by atoms with van der Waals surface area (Å²) in [4.78, 5) is 37.3. The molecule has 1 saturated heterocycles. The van der Waals surface area contributed by atoms with Crippen LogP contribution in [0, 0.1) is 6.92 Å². The average molecular weight is 367 g/mol. The van der Waals surface area contributed by atoms with Crippen molar-refractivity contribution in [3.05, 3.63) is 59.7 Å². The number of nitrogens with one attached hydrogen (secondary N) is 1. The molecule has 1 aliphatic rings. The summed E-state index contributed by atoms with van der Waals surface area (Å²) >= 11 is 0. The number of rotatable bonds is 5. The first-order valence-corrected chi connectivity index (χ1v) is 9.16. The molecule has 0 aliphatic carbocycles. The van der Waals surface area contributed by atoms with Gasteiger partial charge in [-0.1, -0.05) is 30.3 Å². The molecule has 1 aromatic heterocycles. The molecule has 0 bridgehead atoms. The molecule has 142 valence electrons. The third kappa shape index (κ3) is 4.68. The van der Waals surface area contributed by atoms with Crippen LogP contribution in [-0.2, 0) is 11.2 Å². The lowest BCUT2D eigenvalue weighted by atomic mass is 10.1. The average Bonchev–Trinajstić information content (AvgIpc) is 2.72. The lowest BCUT2D eigenvalue weighted by Crippen LogP contribution is -2.60. The van der Waals surface area contributed by atoms with E-state index >= 15 is 0 Å². The Morgan fingerprint density at radius 3 is 2.59 bits per heavy atom. The van der Waals surface area contributed by atoms with E-state index in [-0.39, 0.29) is 17.9 Å². The number of piperazine rings is 1. The van der Waals surface area contributed by atoms with E-state index in [0.29, 0.717) is 25.3 Å². The zero-order valence-electron chi connectivity index (χ0n) is 15.8. The molecule has 1 fully saturated rings. The number of amides is 2. The SMILES string of the molecule is CNC(=O)[C@H]1CN(C(=O)c2cnc(C)cn2)CCN1CCc1ccccc1. The Hall–Kier alpha value is -2.80. The minimum Gasteiger partial charge on any atom is -0.358 e. The molecule has 27 heavy (non-hydrogen) atoms. The van der Waals surface area contributed by atoms with Gasteiger partial charge in [0.25, 0.3) is 5.91 Å². The van der Waals surface area contributed by atoms with Crippen molar-refractivity contribution in [3.63, 3.8) is 0 Å². The zero-order chi connectivity index (χ0) is 19.2. The zero-order valence-corrected chi connectivity index (χ0v) is 15.8. The van der Waals surface area contributed by atoms with Crippen LogP contribution in [0.15, 0.2) is 42.7 Å². The summed E-state index contributed by atoms with van der Waals surface area (Å²) in [6.07, 6.45) is 3.94. The van der Waals surface area contributed by atoms with E-state index in [2.05, 4.69) is 32.3 Å². The minimum atomic E-state index is -0.366. The lowest BCUT2D eigenvalue weighted by Gasteiger charge is -2.40. The molecule has 3 rings (SSSR count). The number of aryl methyl sites for hydroxylation is 1. The summed E-state index contributed by atoms with van der Waals surface area (Å²) in [5, 5.41) is 2.72. The predicted molar refractivity (Wildman–Crippen MR) is 102 cm³/mol. The van der Waals surface area contributed by atoms with Gasteiger partial charge in [-0.25, -0.2) is 4.98 Å². The maximum Gasteiger partial charge on any atom is 0.274 e. The second-order valence-electron chi connectivity index (χ2n) is 6.70. The highest BCUT2D eigenvalue weighted by molar-refractivity contribution is 5.93. The number of carbonyl (C=O) groups excluding carboxylic acids is 2. The van der Waals surface area contributed by atoms with E-state index in [1.165, 1.54) is 11.8 Å². The largest absolute Gasteiger partial charge is 0.358 e. The summed E-state index contributed by atoms with van der Waals surface area (Å²) in [6, 6.07) is 9.84. The summed E-state index contributed by atoms with van der Waals surface area (Å²) in [5.74, 6) is -0.255. The second-order valence-corrected chi connectivity index (χ2v) is 6.70. The van der Waals surface area contributed by atoms with Crippen molar-refractivity contribution in [2.45, 2.75) is 19.4 Å². The van der Waals surface area contributed by atoms with Gasteiger partial charge in [-0.2, -0.15) is 0 Å². The fourth-order valence-corrected chi connectivity index (χ4v) is 3.27. The first-order chi connectivity index (χ1) is 13.1. The van der Waals surface area contributed by atoms with Gasteiger partial charge in [0.2, 0.25) is 5.91 Å². The van der Waals surface area contributed by atoms with Gasteiger partial charge >= 0.3 is 0 Å². The fourth-order valence-electron chi connectivity index (χ4n) is 3.27. The highest BCUT2D eigenvalue weighted by Gasteiger charge is 2.34. The molecule has 0 spiro atoms. The highest BCUT2D eigenvalue weighted by atomic mass is 16.2. The molecule has 2 heterocycles. The van der Waals surface area contributed by atoms with E-state index in [4.69, 9.17) is 0 Å². The Kier molecular flexibility index (Phi) is 6.13. The number of hydrogen-bond donors (Lipinski definition) is 1. The molecule has 2 amide bonds. The van der Waals surface area contributed by atoms with Crippen molar-refractivity contribution in [1.29, 1.82) is 0 Å². The maximum atomic E-state index is 12.7. The molecular weight excluding hydrogens is 342 g/mol. The number of likely N-dealkylation sites (N-methyl/N-ethyl adjacent to an activating group) is 1. The van der Waals surface area contributed by atoms with Crippen LogP contribution in [0.2, 0.25) is 0 Å². The van der Waals surface area contributed by atoms with Gasteiger partial charge in [-0.3, -0.25) is 19.5 Å². The van der Waals surface area contributed by atoms with E-state index in [1.807, 2.05) is 25.1 Å². The molecule has 0 saturated carbocycles. The van der Waals surface area contributed by atoms with E-state index in [9.17, 15) is 9.59 Å². The monoisotopic (exact) mass is 367 g/mol. The van der Waals surface area contributed by atoms with Crippen molar-refractivity contribution in [3.8, 4) is 0 Å². The van der Waals surface area contributed by atoms with Gasteiger partial charge in [-0.05, 0) is 18.9 Å². The van der Waals surface area contributed by atoms with Crippen LogP contribution in [0.1, 0.15) is 21.7 Å². The topological polar surface area (TPSA) is 78.4 Å². The third-order valence-corrected chi connectivity index (χ3v) is 4.86. The molecule has 1 aliphatic heterocycles. The quantitative estimate of drug-likeness (QED) is 0.850. The van der Waals surface area contributed by atoms with Crippen molar-refractivity contribution in [2.24, 2.45) is 0 Å². The van der Waals surface area contributed by atoms with Gasteiger partial charge in [0.15, 0.2) is 0 Å². The number of hydrogen-bond acceptors (Lipinski definition) is 5. The summed E-state index contributed by atoms with van der Waals surface area (Å²) in [5.41, 5.74) is 2.32. The molecular formula is C20H25N5O2. The maximum absolute atomic E-state index is 12.7. The fraction of sp³-hybridized carbons (Fsp3) is 0.400. The minimum absolute atomic E-state index is 0.0736. The number of nitrogens with zero attached hydrogens (tertiary/aromatic N) is 4. The second kappa shape index (κ2) is 8.73. The van der Waals surface area contributed by atoms with Gasteiger partial charge < -0.3 is 10.2 Å². The van der Waals surface area contributed by atoms with Gasteiger partial charge in [-0.15, -0.1) is 0 Å². The Labute approximate surface area is 159 Å². The highest BCUT2D eigenvalue weighted by Crippen LogP contribution is 2.14. The van der Waals surface area contributed by atoms with Crippen molar-refractivity contribution >= 4 is 11.8 Å².